The number of benzene rings is 1. The highest BCUT2D eigenvalue weighted by Gasteiger charge is 2.22. The summed E-state index contributed by atoms with van der Waals surface area (Å²) in [6, 6.07) is 6.72. The van der Waals surface area contributed by atoms with Gasteiger partial charge in [0.25, 0.3) is 0 Å². The molecule has 1 aliphatic rings. The summed E-state index contributed by atoms with van der Waals surface area (Å²) < 4.78 is 10.7. The van der Waals surface area contributed by atoms with Crippen molar-refractivity contribution in [1.82, 2.24) is 5.32 Å². The third kappa shape index (κ3) is 2.72. The Morgan fingerprint density at radius 2 is 2.06 bits per heavy atom. The van der Waals surface area contributed by atoms with Gasteiger partial charge in [0.1, 0.15) is 11.5 Å². The Morgan fingerprint density at radius 1 is 1.24 bits per heavy atom. The lowest BCUT2D eigenvalue weighted by molar-refractivity contribution is 0.357. The van der Waals surface area contributed by atoms with Gasteiger partial charge in [0.05, 0.1) is 14.2 Å². The third-order valence-corrected chi connectivity index (χ3v) is 3.50. The molecule has 1 aromatic carbocycles. The second-order valence-corrected chi connectivity index (χ2v) is 4.68. The number of nitrogens with one attached hydrogen (secondary N) is 1. The number of methoxy groups -OCH3 is 2. The number of hydrogen-bond donors (Lipinski definition) is 1. The van der Waals surface area contributed by atoms with Crippen molar-refractivity contribution in [2.75, 3.05) is 20.8 Å². The molecule has 1 N–H and O–H groups in total. The molecule has 0 spiro atoms. The van der Waals surface area contributed by atoms with Crippen LogP contribution in [0.4, 0.5) is 0 Å². The maximum Gasteiger partial charge on any atom is 0.126 e. The van der Waals surface area contributed by atoms with Crippen LogP contribution in [-0.4, -0.2) is 26.8 Å². The molecule has 2 atom stereocenters. The highest BCUT2D eigenvalue weighted by Crippen LogP contribution is 2.36. The molecule has 3 nitrogen and oxygen atoms in total. The summed E-state index contributed by atoms with van der Waals surface area (Å²) in [5.74, 6) is 2.39. The second kappa shape index (κ2) is 5.41. The van der Waals surface area contributed by atoms with Gasteiger partial charge in [-0.05, 0) is 43.9 Å². The van der Waals surface area contributed by atoms with Crippen LogP contribution in [0.25, 0.3) is 0 Å². The predicted octanol–water partition coefficient (Wildman–Crippen LogP) is 2.56. The van der Waals surface area contributed by atoms with Crippen LogP contribution in [0.5, 0.6) is 11.5 Å². The largest absolute Gasteiger partial charge is 0.497 e. The van der Waals surface area contributed by atoms with Crippen molar-refractivity contribution in [2.24, 2.45) is 0 Å². The highest BCUT2D eigenvalue weighted by molar-refractivity contribution is 5.43. The molecule has 0 bridgehead atoms. The number of ether oxygens (including phenoxy) is 2. The molecule has 1 heterocycles. The molecule has 1 aliphatic heterocycles. The molecule has 0 aliphatic carbocycles. The monoisotopic (exact) mass is 235 g/mol. The standard InChI is InChI=1S/C14H21NO2/c1-10-8-11(6-7-15-10)13-5-4-12(16-2)9-14(13)17-3/h4-5,9-11,15H,6-8H2,1-3H3. The molecule has 1 aromatic rings. The summed E-state index contributed by atoms with van der Waals surface area (Å²) >= 11 is 0. The minimum Gasteiger partial charge on any atom is -0.497 e. The first-order valence-corrected chi connectivity index (χ1v) is 6.20. The molecule has 2 rings (SSSR count). The van der Waals surface area contributed by atoms with Crippen molar-refractivity contribution in [3.63, 3.8) is 0 Å². The topological polar surface area (TPSA) is 30.5 Å². The average Bonchev–Trinajstić information content (AvgIpc) is 2.38. The van der Waals surface area contributed by atoms with Crippen molar-refractivity contribution in [2.45, 2.75) is 31.7 Å². The minimum absolute atomic E-state index is 0.584. The second-order valence-electron chi connectivity index (χ2n) is 4.68. The van der Waals surface area contributed by atoms with Gasteiger partial charge < -0.3 is 14.8 Å². The Balaban J connectivity index is 2.24. The molecule has 0 saturated carbocycles. The zero-order valence-electron chi connectivity index (χ0n) is 10.8. The van der Waals surface area contributed by atoms with Crippen LogP contribution in [0, 0.1) is 0 Å². The molecule has 3 heteroatoms. The van der Waals surface area contributed by atoms with Gasteiger partial charge in [-0.1, -0.05) is 6.07 Å². The Hall–Kier alpha value is -1.22. The van der Waals surface area contributed by atoms with Crippen molar-refractivity contribution in [1.29, 1.82) is 0 Å². The lowest BCUT2D eigenvalue weighted by atomic mass is 9.86. The van der Waals surface area contributed by atoms with E-state index in [1.807, 2.05) is 12.1 Å². The van der Waals surface area contributed by atoms with E-state index in [9.17, 15) is 0 Å². The number of piperidine rings is 1. The molecule has 2 unspecified atom stereocenters. The van der Waals surface area contributed by atoms with Gasteiger partial charge in [-0.25, -0.2) is 0 Å². The maximum absolute atomic E-state index is 5.48. The van der Waals surface area contributed by atoms with Crippen LogP contribution in [-0.2, 0) is 0 Å². The van der Waals surface area contributed by atoms with Crippen LogP contribution in [0.1, 0.15) is 31.2 Å². The van der Waals surface area contributed by atoms with E-state index < -0.39 is 0 Å². The van der Waals surface area contributed by atoms with Crippen LogP contribution in [0.15, 0.2) is 18.2 Å². The fourth-order valence-electron chi connectivity index (χ4n) is 2.57. The summed E-state index contributed by atoms with van der Waals surface area (Å²) in [6.07, 6.45) is 2.34. The fourth-order valence-corrected chi connectivity index (χ4v) is 2.57. The molecule has 1 fully saturated rings. The van der Waals surface area contributed by atoms with Crippen LogP contribution < -0.4 is 14.8 Å². The van der Waals surface area contributed by atoms with Crippen LogP contribution in [0.3, 0.4) is 0 Å². The zero-order valence-corrected chi connectivity index (χ0v) is 10.8. The van der Waals surface area contributed by atoms with E-state index in [0.717, 1.165) is 18.0 Å². The van der Waals surface area contributed by atoms with Gasteiger partial charge in [0, 0.05) is 12.1 Å². The van der Waals surface area contributed by atoms with Crippen LogP contribution >= 0.6 is 0 Å². The van der Waals surface area contributed by atoms with Gasteiger partial charge in [-0.2, -0.15) is 0 Å². The summed E-state index contributed by atoms with van der Waals surface area (Å²) in [4.78, 5) is 0. The van der Waals surface area contributed by atoms with E-state index in [1.165, 1.54) is 18.4 Å². The smallest absolute Gasteiger partial charge is 0.126 e. The molecular formula is C14H21NO2. The lowest BCUT2D eigenvalue weighted by Gasteiger charge is -2.29. The van der Waals surface area contributed by atoms with Crippen LogP contribution in [0.2, 0.25) is 0 Å². The Labute approximate surface area is 103 Å². The van der Waals surface area contributed by atoms with Gasteiger partial charge in [-0.3, -0.25) is 0 Å². The first kappa shape index (κ1) is 12.2. The molecule has 0 amide bonds. The summed E-state index contributed by atoms with van der Waals surface area (Å²) in [5, 5.41) is 3.48. The van der Waals surface area contributed by atoms with Crippen molar-refractivity contribution >= 4 is 0 Å². The SMILES string of the molecule is COc1ccc(C2CCNC(C)C2)c(OC)c1. The van der Waals surface area contributed by atoms with Gasteiger partial charge in [0.15, 0.2) is 0 Å². The van der Waals surface area contributed by atoms with Gasteiger partial charge in [-0.15, -0.1) is 0 Å². The zero-order chi connectivity index (χ0) is 12.3. The fraction of sp³-hybridized carbons (Fsp3) is 0.571. The quantitative estimate of drug-likeness (QED) is 0.873. The molecule has 1 saturated heterocycles. The average molecular weight is 235 g/mol. The number of hydrogen-bond acceptors (Lipinski definition) is 3. The van der Waals surface area contributed by atoms with Gasteiger partial charge in [0.2, 0.25) is 0 Å². The third-order valence-electron chi connectivity index (χ3n) is 3.50. The van der Waals surface area contributed by atoms with E-state index in [2.05, 4.69) is 18.3 Å². The first-order valence-electron chi connectivity index (χ1n) is 6.20. The predicted molar refractivity (Wildman–Crippen MR) is 69.0 cm³/mol. The Kier molecular flexibility index (Phi) is 3.89. The molecular weight excluding hydrogens is 214 g/mol. The number of rotatable bonds is 3. The summed E-state index contributed by atoms with van der Waals surface area (Å²) in [5.41, 5.74) is 1.31. The molecule has 17 heavy (non-hydrogen) atoms. The Bertz CT molecular complexity index is 378. The minimum atomic E-state index is 0.584. The highest BCUT2D eigenvalue weighted by atomic mass is 16.5. The van der Waals surface area contributed by atoms with E-state index in [1.54, 1.807) is 14.2 Å². The van der Waals surface area contributed by atoms with Crippen molar-refractivity contribution < 1.29 is 9.47 Å². The first-order chi connectivity index (χ1) is 8.24. The normalized spacial score (nSPS) is 24.4. The van der Waals surface area contributed by atoms with Gasteiger partial charge >= 0.3 is 0 Å². The summed E-state index contributed by atoms with van der Waals surface area (Å²) in [7, 11) is 3.41. The van der Waals surface area contributed by atoms with Crippen molar-refractivity contribution in [3.8, 4) is 11.5 Å². The Morgan fingerprint density at radius 3 is 2.71 bits per heavy atom. The molecule has 0 aromatic heterocycles. The molecule has 94 valence electrons. The van der Waals surface area contributed by atoms with E-state index in [-0.39, 0.29) is 0 Å². The van der Waals surface area contributed by atoms with E-state index in [0.29, 0.717) is 12.0 Å². The van der Waals surface area contributed by atoms with E-state index >= 15 is 0 Å². The molecule has 0 radical (unpaired) electrons. The summed E-state index contributed by atoms with van der Waals surface area (Å²) in [6.45, 7) is 3.32. The van der Waals surface area contributed by atoms with E-state index in [4.69, 9.17) is 9.47 Å². The van der Waals surface area contributed by atoms with Crippen molar-refractivity contribution in [3.05, 3.63) is 23.8 Å². The maximum atomic E-state index is 5.48. The lowest BCUT2D eigenvalue weighted by Crippen LogP contribution is -2.34.